The van der Waals surface area contributed by atoms with E-state index in [1.54, 1.807) is 4.90 Å². The highest BCUT2D eigenvalue weighted by Gasteiger charge is 2.44. The van der Waals surface area contributed by atoms with Crippen LogP contribution in [0.15, 0.2) is 53.7 Å². The van der Waals surface area contributed by atoms with Crippen LogP contribution in [0.4, 0.5) is 17.6 Å². The fourth-order valence-corrected chi connectivity index (χ4v) is 5.70. The summed E-state index contributed by atoms with van der Waals surface area (Å²) in [5.74, 6) is -5.73. The second-order valence-corrected chi connectivity index (χ2v) is 11.0. The SMILES string of the molecule is CC1=C(Cc2ccc(F)c(C(=O)N3CCN(C4CCc5ccccc5C4)C(=O)C3)c2)N(OC(=O)C(F)(F)F)NC(=O)C1C. The summed E-state index contributed by atoms with van der Waals surface area (Å²) in [6, 6.07) is 11.8. The Kier molecular flexibility index (Phi) is 8.17. The largest absolute Gasteiger partial charge is 0.493 e. The van der Waals surface area contributed by atoms with Crippen LogP contribution in [0.1, 0.15) is 47.3 Å². The lowest BCUT2D eigenvalue weighted by Gasteiger charge is -2.41. The number of amides is 3. The Balaban J connectivity index is 1.30. The van der Waals surface area contributed by atoms with E-state index in [9.17, 15) is 36.7 Å². The summed E-state index contributed by atoms with van der Waals surface area (Å²) in [4.78, 5) is 57.7. The average Bonchev–Trinajstić information content (AvgIpc) is 2.97. The van der Waals surface area contributed by atoms with E-state index in [4.69, 9.17) is 0 Å². The van der Waals surface area contributed by atoms with Gasteiger partial charge < -0.3 is 14.6 Å². The summed E-state index contributed by atoms with van der Waals surface area (Å²) in [6.45, 7) is 3.33. The lowest BCUT2D eigenvalue weighted by atomic mass is 9.87. The molecule has 5 rings (SSSR count). The summed E-state index contributed by atoms with van der Waals surface area (Å²) in [5, 5.41) is 0.361. The molecule has 1 saturated heterocycles. The minimum absolute atomic E-state index is 0.0176. The van der Waals surface area contributed by atoms with E-state index in [0.29, 0.717) is 22.9 Å². The zero-order valence-electron chi connectivity index (χ0n) is 23.5. The number of halogens is 4. The Hall–Kier alpha value is -4.42. The lowest BCUT2D eigenvalue weighted by molar-refractivity contribution is -0.242. The maximum atomic E-state index is 14.9. The predicted molar refractivity (Wildman–Crippen MR) is 144 cm³/mol. The van der Waals surface area contributed by atoms with E-state index < -0.39 is 35.7 Å². The van der Waals surface area contributed by atoms with Gasteiger partial charge in [-0.15, -0.1) is 5.17 Å². The second kappa shape index (κ2) is 11.7. The van der Waals surface area contributed by atoms with E-state index in [1.165, 1.54) is 42.0 Å². The van der Waals surface area contributed by atoms with Gasteiger partial charge in [0, 0.05) is 25.6 Å². The quantitative estimate of drug-likeness (QED) is 0.527. The van der Waals surface area contributed by atoms with Crippen molar-refractivity contribution in [3.05, 3.63) is 81.8 Å². The third-order valence-corrected chi connectivity index (χ3v) is 8.30. The number of fused-ring (bicyclic) bond motifs is 1. The van der Waals surface area contributed by atoms with E-state index in [1.807, 2.05) is 12.1 Å². The molecule has 2 unspecified atom stereocenters. The Morgan fingerprint density at radius 2 is 1.79 bits per heavy atom. The zero-order chi connectivity index (χ0) is 31.1. The van der Waals surface area contributed by atoms with Crippen LogP contribution in [0, 0.1) is 11.7 Å². The molecule has 1 fully saturated rings. The van der Waals surface area contributed by atoms with E-state index in [-0.39, 0.29) is 42.7 Å². The molecule has 9 nitrogen and oxygen atoms in total. The molecule has 0 radical (unpaired) electrons. The maximum Gasteiger partial charge on any atom is 0.493 e. The number of allylic oxidation sites excluding steroid dienone is 1. The first-order valence-electron chi connectivity index (χ1n) is 13.9. The molecule has 13 heteroatoms. The van der Waals surface area contributed by atoms with Gasteiger partial charge in [-0.1, -0.05) is 30.3 Å². The van der Waals surface area contributed by atoms with Crippen LogP contribution in [-0.4, -0.2) is 70.5 Å². The molecule has 2 atom stereocenters. The van der Waals surface area contributed by atoms with Crippen molar-refractivity contribution < 1.29 is 41.6 Å². The van der Waals surface area contributed by atoms with Gasteiger partial charge in [0.1, 0.15) is 12.4 Å². The molecule has 2 heterocycles. The Labute approximate surface area is 245 Å². The fourth-order valence-electron chi connectivity index (χ4n) is 5.70. The maximum absolute atomic E-state index is 14.9. The second-order valence-electron chi connectivity index (χ2n) is 11.0. The van der Waals surface area contributed by atoms with Crippen molar-refractivity contribution in [2.24, 2.45) is 5.92 Å². The van der Waals surface area contributed by atoms with Crippen LogP contribution in [-0.2, 0) is 38.5 Å². The molecule has 2 aliphatic heterocycles. The lowest BCUT2D eigenvalue weighted by Crippen LogP contribution is -2.56. The van der Waals surface area contributed by atoms with Crippen molar-refractivity contribution in [2.75, 3.05) is 19.6 Å². The van der Waals surface area contributed by atoms with Crippen molar-refractivity contribution in [2.45, 2.75) is 51.7 Å². The van der Waals surface area contributed by atoms with E-state index in [2.05, 4.69) is 22.4 Å². The van der Waals surface area contributed by atoms with Crippen LogP contribution >= 0.6 is 0 Å². The molecule has 0 saturated carbocycles. The molecule has 228 valence electrons. The Morgan fingerprint density at radius 1 is 1.07 bits per heavy atom. The number of carbonyl (C=O) groups is 4. The molecule has 0 aromatic heterocycles. The van der Waals surface area contributed by atoms with Crippen molar-refractivity contribution in [1.29, 1.82) is 0 Å². The first-order chi connectivity index (χ1) is 20.3. The van der Waals surface area contributed by atoms with Crippen molar-refractivity contribution in [3.8, 4) is 0 Å². The minimum atomic E-state index is -5.31. The molecule has 2 aromatic carbocycles. The molecule has 1 N–H and O–H groups in total. The number of benzene rings is 2. The number of hydroxylamine groups is 1. The highest BCUT2D eigenvalue weighted by molar-refractivity contribution is 5.97. The van der Waals surface area contributed by atoms with Crippen LogP contribution in [0.25, 0.3) is 0 Å². The number of hydrazine groups is 1. The molecule has 43 heavy (non-hydrogen) atoms. The van der Waals surface area contributed by atoms with Crippen molar-refractivity contribution in [1.82, 2.24) is 20.4 Å². The summed E-state index contributed by atoms with van der Waals surface area (Å²) >= 11 is 0. The van der Waals surface area contributed by atoms with E-state index in [0.717, 1.165) is 25.3 Å². The van der Waals surface area contributed by atoms with Gasteiger partial charge in [-0.05, 0) is 67.5 Å². The molecule has 0 bridgehead atoms. The Morgan fingerprint density at radius 3 is 2.49 bits per heavy atom. The van der Waals surface area contributed by atoms with E-state index >= 15 is 0 Å². The monoisotopic (exact) mass is 602 g/mol. The first kappa shape index (κ1) is 30.1. The highest BCUT2D eigenvalue weighted by atomic mass is 19.4. The fraction of sp³-hybridized carbons (Fsp3) is 0.400. The molecule has 3 amide bonds. The number of hydrogen-bond acceptors (Lipinski definition) is 6. The van der Waals surface area contributed by atoms with Crippen LogP contribution in [0.5, 0.6) is 0 Å². The standard InChI is InChI=1S/C30H30F4N4O5/c1-17-18(2)27(40)35-38(43-29(42)30(32,33)34)25(17)14-19-7-10-24(31)23(13-19)28(41)36-11-12-37(26(39)16-36)22-9-8-20-5-3-4-6-21(20)15-22/h3-7,10,13,18,22H,8-9,11-12,14-16H2,1-2H3,(H,35,40). The van der Waals surface area contributed by atoms with Crippen molar-refractivity contribution in [3.63, 3.8) is 0 Å². The number of nitrogens with zero attached hydrogens (tertiary/aromatic N) is 3. The molecular formula is C30H30F4N4O5. The average molecular weight is 603 g/mol. The number of hydrogen-bond donors (Lipinski definition) is 1. The van der Waals surface area contributed by atoms with Gasteiger partial charge in [-0.3, -0.25) is 14.4 Å². The number of piperazine rings is 1. The summed E-state index contributed by atoms with van der Waals surface area (Å²) in [7, 11) is 0. The third kappa shape index (κ3) is 6.20. The molecule has 2 aromatic rings. The molecule has 0 spiro atoms. The zero-order valence-corrected chi connectivity index (χ0v) is 23.5. The summed E-state index contributed by atoms with van der Waals surface area (Å²) in [6.07, 6.45) is -3.10. The normalized spacial score (nSPS) is 21.0. The first-order valence-corrected chi connectivity index (χ1v) is 13.9. The van der Waals surface area contributed by atoms with Gasteiger partial charge >= 0.3 is 12.1 Å². The topological polar surface area (TPSA) is 99.3 Å². The Bertz CT molecular complexity index is 1510. The van der Waals surface area contributed by atoms with Gasteiger partial charge in [0.2, 0.25) is 11.8 Å². The van der Waals surface area contributed by atoms with Gasteiger partial charge in [0.05, 0.1) is 17.2 Å². The number of alkyl halides is 3. The summed E-state index contributed by atoms with van der Waals surface area (Å²) in [5.41, 5.74) is 4.93. The van der Waals surface area contributed by atoms with Crippen LogP contribution < -0.4 is 5.43 Å². The predicted octanol–water partition coefficient (Wildman–Crippen LogP) is 3.49. The van der Waals surface area contributed by atoms with Crippen LogP contribution in [0.2, 0.25) is 0 Å². The van der Waals surface area contributed by atoms with Gasteiger partial charge in [0.15, 0.2) is 0 Å². The minimum Gasteiger partial charge on any atom is -0.336 e. The van der Waals surface area contributed by atoms with Crippen molar-refractivity contribution >= 4 is 23.7 Å². The molecule has 3 aliphatic rings. The third-order valence-electron chi connectivity index (χ3n) is 8.30. The van der Waals surface area contributed by atoms with Gasteiger partial charge in [-0.25, -0.2) is 14.6 Å². The smallest absolute Gasteiger partial charge is 0.336 e. The number of rotatable bonds is 5. The summed E-state index contributed by atoms with van der Waals surface area (Å²) < 4.78 is 53.5. The number of aryl methyl sites for hydroxylation is 1. The molecular weight excluding hydrogens is 572 g/mol. The van der Waals surface area contributed by atoms with Gasteiger partial charge in [0.25, 0.3) is 5.91 Å². The number of carbonyl (C=O) groups excluding carboxylic acids is 4. The van der Waals surface area contributed by atoms with Crippen LogP contribution in [0.3, 0.4) is 0 Å². The molecule has 1 aliphatic carbocycles. The highest BCUT2D eigenvalue weighted by Crippen LogP contribution is 2.29. The number of nitrogens with one attached hydrogen (secondary N) is 1. The van der Waals surface area contributed by atoms with Gasteiger partial charge in [-0.2, -0.15) is 13.2 Å².